The molecule has 0 aromatic carbocycles. The number of hydrogen-bond acceptors (Lipinski definition) is 15. The maximum Gasteiger partial charge on any atom is 0.478 e. The molecule has 2 unspecified atom stereocenters. The average molecular weight is 554 g/mol. The average Bonchev–Trinajstić information content (AvgIpc) is 3.37. The molecular formula is C16H24N6O12P2. The maximum absolute atomic E-state index is 12.2. The monoisotopic (exact) mass is 554 g/mol. The lowest BCUT2D eigenvalue weighted by atomic mass is 10.1. The van der Waals surface area contributed by atoms with Gasteiger partial charge in [0, 0.05) is 5.92 Å². The Kier molecular flexibility index (Phi) is 6.39. The predicted octanol–water partition coefficient (Wildman–Crippen LogP) is -3.58. The molecular weight excluding hydrogens is 530 g/mol. The number of nitrogens with zero attached hydrogens (tertiary/aromatic N) is 4. The molecule has 0 amide bonds. The molecule has 18 nitrogen and oxygen atoms in total. The predicted molar refractivity (Wildman–Crippen MR) is 112 cm³/mol. The van der Waals surface area contributed by atoms with Gasteiger partial charge in [-0.3, -0.25) is 13.7 Å². The van der Waals surface area contributed by atoms with Crippen molar-refractivity contribution in [3.05, 3.63) is 6.33 Å². The molecule has 1 saturated carbocycles. The van der Waals surface area contributed by atoms with E-state index in [1.807, 2.05) is 0 Å². The van der Waals surface area contributed by atoms with Crippen LogP contribution in [0.15, 0.2) is 6.33 Å². The zero-order chi connectivity index (χ0) is 26.2. The second-order valence-electron chi connectivity index (χ2n) is 8.73. The van der Waals surface area contributed by atoms with E-state index in [9.17, 15) is 39.3 Å². The molecule has 200 valence electrons. The molecule has 3 aliphatic heterocycles. The number of anilines is 2. The summed E-state index contributed by atoms with van der Waals surface area (Å²) >= 11 is 0. The molecule has 0 spiro atoms. The van der Waals surface area contributed by atoms with E-state index in [-0.39, 0.29) is 29.4 Å². The maximum atomic E-state index is 12.2. The fourth-order valence-corrected chi connectivity index (χ4v) is 6.80. The van der Waals surface area contributed by atoms with Crippen molar-refractivity contribution in [3.8, 4) is 0 Å². The van der Waals surface area contributed by atoms with Crippen LogP contribution in [0.25, 0.3) is 11.2 Å². The largest absolute Gasteiger partial charge is 0.756 e. The minimum absolute atomic E-state index is 0.0173. The lowest BCUT2D eigenvalue weighted by molar-refractivity contribution is -0.717. The van der Waals surface area contributed by atoms with Gasteiger partial charge >= 0.3 is 7.82 Å². The van der Waals surface area contributed by atoms with E-state index >= 15 is 0 Å². The number of aliphatic hydroxyl groups is 4. The summed E-state index contributed by atoms with van der Waals surface area (Å²) in [5.41, 5.74) is 12.4. The van der Waals surface area contributed by atoms with E-state index in [2.05, 4.69) is 23.3 Å². The zero-order valence-electron chi connectivity index (χ0n) is 18.2. The van der Waals surface area contributed by atoms with Crippen molar-refractivity contribution in [2.24, 2.45) is 5.92 Å². The first-order valence-electron chi connectivity index (χ1n) is 10.6. The van der Waals surface area contributed by atoms with Gasteiger partial charge in [0.05, 0.1) is 19.3 Å². The normalized spacial score (nSPS) is 43.7. The van der Waals surface area contributed by atoms with E-state index in [1.165, 1.54) is 10.9 Å². The third kappa shape index (κ3) is 4.32. The Balaban J connectivity index is 1.60. The third-order valence-electron chi connectivity index (χ3n) is 6.51. The highest BCUT2D eigenvalue weighted by Crippen LogP contribution is 2.58. The smallest absolute Gasteiger partial charge is 0.478 e. The number of rotatable bonds is 0. The molecule has 2 aromatic rings. The van der Waals surface area contributed by atoms with E-state index in [1.54, 1.807) is 0 Å². The Bertz CT molecular complexity index is 1280. The van der Waals surface area contributed by atoms with Crippen molar-refractivity contribution in [1.82, 2.24) is 14.5 Å². The molecule has 4 aliphatic rings. The Hall–Kier alpha value is -1.79. The molecule has 8 bridgehead atoms. The molecule has 20 heteroatoms. The minimum atomic E-state index is -5.44. The van der Waals surface area contributed by atoms with Crippen molar-refractivity contribution in [2.75, 3.05) is 24.7 Å². The van der Waals surface area contributed by atoms with Crippen LogP contribution >= 0.6 is 15.6 Å². The molecule has 10 atom stereocenters. The molecule has 2 aromatic heterocycles. The highest BCUT2D eigenvalue weighted by molar-refractivity contribution is 7.60. The van der Waals surface area contributed by atoms with Crippen molar-refractivity contribution >= 4 is 38.6 Å². The van der Waals surface area contributed by atoms with Crippen LogP contribution in [0.2, 0.25) is 0 Å². The molecule has 36 heavy (non-hydrogen) atoms. The number of ether oxygens (including phenoxy) is 1. The van der Waals surface area contributed by atoms with Gasteiger partial charge in [-0.05, 0) is 6.42 Å². The molecule has 0 radical (unpaired) electrons. The quantitative estimate of drug-likeness (QED) is 0.122. The molecule has 1 aliphatic carbocycles. The Morgan fingerprint density at radius 3 is 2.53 bits per heavy atom. The van der Waals surface area contributed by atoms with Crippen molar-refractivity contribution in [3.63, 3.8) is 0 Å². The second kappa shape index (κ2) is 8.90. The number of nitrogen functional groups attached to an aromatic ring is 2. The summed E-state index contributed by atoms with van der Waals surface area (Å²) in [7, 11) is -10.7. The van der Waals surface area contributed by atoms with Gasteiger partial charge in [-0.15, -0.1) is 0 Å². The highest BCUT2D eigenvalue weighted by atomic mass is 31.3. The summed E-state index contributed by atoms with van der Waals surface area (Å²) in [6.07, 6.45) is -7.81. The first-order valence-corrected chi connectivity index (χ1v) is 13.6. The topological polar surface area (TPSA) is 282 Å². The Morgan fingerprint density at radius 2 is 1.81 bits per heavy atom. The fraction of sp³-hybridized carbons (Fsp3) is 0.688. The van der Waals surface area contributed by atoms with Crippen molar-refractivity contribution < 1.29 is 62.0 Å². The van der Waals surface area contributed by atoms with Crippen LogP contribution in [0.3, 0.4) is 0 Å². The van der Waals surface area contributed by atoms with Gasteiger partial charge in [-0.1, -0.05) is 4.98 Å². The van der Waals surface area contributed by atoms with Crippen LogP contribution in [0.1, 0.15) is 18.7 Å². The summed E-state index contributed by atoms with van der Waals surface area (Å²) in [5, 5.41) is 42.0. The summed E-state index contributed by atoms with van der Waals surface area (Å²) in [6, 6.07) is -0.894. The molecule has 5 heterocycles. The van der Waals surface area contributed by atoms with Gasteiger partial charge in [-0.25, -0.2) is 18.4 Å². The lowest BCUT2D eigenvalue weighted by Crippen LogP contribution is -2.48. The van der Waals surface area contributed by atoms with Crippen LogP contribution in [0, 0.1) is 5.92 Å². The van der Waals surface area contributed by atoms with Crippen molar-refractivity contribution in [2.45, 2.75) is 49.2 Å². The number of fused-ring (bicyclic) bond motifs is 7. The van der Waals surface area contributed by atoms with Gasteiger partial charge in [0.1, 0.15) is 30.5 Å². The van der Waals surface area contributed by atoms with Gasteiger partial charge in [0.2, 0.25) is 17.9 Å². The Labute approximate surface area is 201 Å². The standard InChI is InChI=1S/C16H24N6O12P2/c17-13-8-14-19-4-21(13)6-1-5(9(23)10(6)24)2-31-35(27,28)34-36(29,30)32-3-7-11(25)12(26)15(33-7)22(14)16(18)20-8/h4-7,9-12,15,17,23-26H,1-3H2,(H4,18,20,27,28,29,30)/t5-,6-,7-,9-,10+,11-,12-,15-/m1/s1. The SMILES string of the molecule is Nc1nc2c(N)[n+]3cnc2n1[C@@H]1O[C@H](COP(=O)(O)OP(=O)([O-])OC[C@H]2C[C@@H]3[C@H](O)[C@@H]2O)[C@@H](O)[C@H]1O. The third-order valence-corrected chi connectivity index (χ3v) is 9.08. The summed E-state index contributed by atoms with van der Waals surface area (Å²) in [4.78, 5) is 30.4. The van der Waals surface area contributed by atoms with E-state index in [0.717, 1.165) is 4.57 Å². The number of aliphatic hydroxyl groups excluding tert-OH is 4. The Morgan fingerprint density at radius 1 is 1.08 bits per heavy atom. The van der Waals surface area contributed by atoms with Crippen molar-refractivity contribution in [1.29, 1.82) is 0 Å². The van der Waals surface area contributed by atoms with Gasteiger partial charge in [-0.2, -0.15) is 0 Å². The second-order valence-corrected chi connectivity index (χ2v) is 11.7. The summed E-state index contributed by atoms with van der Waals surface area (Å²) < 4.78 is 45.8. The van der Waals surface area contributed by atoms with E-state index in [4.69, 9.17) is 16.2 Å². The van der Waals surface area contributed by atoms with E-state index in [0.29, 0.717) is 0 Å². The van der Waals surface area contributed by atoms with E-state index < -0.39 is 77.6 Å². The number of imidazole rings is 1. The van der Waals surface area contributed by atoms with Crippen LogP contribution in [0.5, 0.6) is 0 Å². The summed E-state index contributed by atoms with van der Waals surface area (Å²) in [5.74, 6) is -1.18. The van der Waals surface area contributed by atoms with Crippen LogP contribution in [-0.4, -0.2) is 83.6 Å². The molecule has 9 N–H and O–H groups in total. The molecule has 1 saturated heterocycles. The molecule has 6 rings (SSSR count). The first-order chi connectivity index (χ1) is 16.8. The number of aromatic nitrogens is 4. The summed E-state index contributed by atoms with van der Waals surface area (Å²) in [6.45, 7) is -1.58. The number of phosphoric ester groups is 2. The fourth-order valence-electron chi connectivity index (χ4n) is 4.70. The zero-order valence-corrected chi connectivity index (χ0v) is 20.0. The first kappa shape index (κ1) is 25.8. The van der Waals surface area contributed by atoms with Gasteiger partial charge in [0.25, 0.3) is 13.6 Å². The van der Waals surface area contributed by atoms with Gasteiger partial charge in [0.15, 0.2) is 11.7 Å². The van der Waals surface area contributed by atoms with Gasteiger partial charge < -0.3 is 50.9 Å². The highest BCUT2D eigenvalue weighted by Gasteiger charge is 2.49. The number of phosphoric acid groups is 2. The number of nitrogens with two attached hydrogens (primary N) is 2. The number of hydrogen-bond donors (Lipinski definition) is 7. The van der Waals surface area contributed by atoms with Crippen LogP contribution in [-0.2, 0) is 27.2 Å². The minimum Gasteiger partial charge on any atom is -0.756 e. The molecule has 2 fully saturated rings. The lowest BCUT2D eigenvalue weighted by Gasteiger charge is -2.27. The van der Waals surface area contributed by atoms with Crippen LogP contribution in [0.4, 0.5) is 11.8 Å². The van der Waals surface area contributed by atoms with Crippen LogP contribution < -0.4 is 20.9 Å².